The van der Waals surface area contributed by atoms with Gasteiger partial charge in [-0.3, -0.25) is 4.79 Å². The van der Waals surface area contributed by atoms with Gasteiger partial charge >= 0.3 is 0 Å². The van der Waals surface area contributed by atoms with Crippen molar-refractivity contribution in [1.82, 2.24) is 4.98 Å². The molecule has 88 valence electrons. The van der Waals surface area contributed by atoms with Crippen LogP contribution in [0.25, 0.3) is 0 Å². The highest BCUT2D eigenvalue weighted by Gasteiger charge is 2.14. The number of hydrogen-bond donors (Lipinski definition) is 0. The van der Waals surface area contributed by atoms with Gasteiger partial charge in [-0.25, -0.2) is 13.8 Å². The van der Waals surface area contributed by atoms with E-state index in [0.717, 1.165) is 12.1 Å². The fourth-order valence-electron chi connectivity index (χ4n) is 1.47. The first kappa shape index (κ1) is 11.9. The Balaban J connectivity index is 2.08. The van der Waals surface area contributed by atoms with Gasteiger partial charge in [0.25, 0.3) is 0 Å². The highest BCUT2D eigenvalue weighted by molar-refractivity contribution is 7.09. The number of benzene rings is 1. The van der Waals surface area contributed by atoms with Crippen LogP contribution in [-0.2, 0) is 17.6 Å². The SMILES string of the molecule is O=C(Cc1nccs1)Cc1c(F)cccc1F. The van der Waals surface area contributed by atoms with E-state index < -0.39 is 11.6 Å². The second-order valence-corrected chi connectivity index (χ2v) is 4.50. The minimum atomic E-state index is -0.683. The number of rotatable bonds is 4. The molecule has 1 aromatic heterocycles. The first-order chi connectivity index (χ1) is 8.16. The monoisotopic (exact) mass is 253 g/mol. The Morgan fingerprint density at radius 1 is 1.24 bits per heavy atom. The Hall–Kier alpha value is -1.62. The van der Waals surface area contributed by atoms with Crippen molar-refractivity contribution in [3.63, 3.8) is 0 Å². The van der Waals surface area contributed by atoms with Crippen LogP contribution in [0, 0.1) is 11.6 Å². The van der Waals surface area contributed by atoms with E-state index in [1.54, 1.807) is 11.6 Å². The molecule has 0 saturated carbocycles. The quantitative estimate of drug-likeness (QED) is 0.838. The number of carbonyl (C=O) groups is 1. The van der Waals surface area contributed by atoms with Gasteiger partial charge in [-0.2, -0.15) is 0 Å². The number of ketones is 1. The molecule has 2 rings (SSSR count). The minimum Gasteiger partial charge on any atom is -0.299 e. The molecule has 1 aromatic carbocycles. The highest BCUT2D eigenvalue weighted by Crippen LogP contribution is 2.14. The van der Waals surface area contributed by atoms with Crippen LogP contribution < -0.4 is 0 Å². The van der Waals surface area contributed by atoms with Crippen LogP contribution >= 0.6 is 11.3 Å². The molecule has 0 bridgehead atoms. The maximum atomic E-state index is 13.3. The molecule has 0 amide bonds. The molecule has 5 heteroatoms. The lowest BCUT2D eigenvalue weighted by Crippen LogP contribution is -2.09. The summed E-state index contributed by atoms with van der Waals surface area (Å²) >= 11 is 1.35. The van der Waals surface area contributed by atoms with Crippen molar-refractivity contribution >= 4 is 17.1 Å². The Bertz CT molecular complexity index is 505. The van der Waals surface area contributed by atoms with Gasteiger partial charge in [0.15, 0.2) is 0 Å². The molecule has 0 atom stereocenters. The van der Waals surface area contributed by atoms with Crippen LogP contribution in [-0.4, -0.2) is 10.8 Å². The lowest BCUT2D eigenvalue weighted by Gasteiger charge is -2.03. The molecule has 0 N–H and O–H groups in total. The second kappa shape index (κ2) is 5.14. The van der Waals surface area contributed by atoms with Crippen LogP contribution in [0.5, 0.6) is 0 Å². The number of nitrogens with zero attached hydrogens (tertiary/aromatic N) is 1. The summed E-state index contributed by atoms with van der Waals surface area (Å²) in [4.78, 5) is 15.6. The van der Waals surface area contributed by atoms with Gasteiger partial charge in [-0.05, 0) is 12.1 Å². The molecule has 0 fully saturated rings. The van der Waals surface area contributed by atoms with Crippen LogP contribution in [0.2, 0.25) is 0 Å². The van der Waals surface area contributed by atoms with E-state index in [2.05, 4.69) is 4.98 Å². The Morgan fingerprint density at radius 2 is 1.94 bits per heavy atom. The third-order valence-electron chi connectivity index (χ3n) is 2.27. The summed E-state index contributed by atoms with van der Waals surface area (Å²) in [6, 6.07) is 3.57. The van der Waals surface area contributed by atoms with Gasteiger partial charge in [0.05, 0.1) is 11.4 Å². The van der Waals surface area contributed by atoms with E-state index in [1.807, 2.05) is 0 Å². The predicted octanol–water partition coefficient (Wildman–Crippen LogP) is 2.78. The van der Waals surface area contributed by atoms with E-state index in [-0.39, 0.29) is 24.2 Å². The van der Waals surface area contributed by atoms with Crippen molar-refractivity contribution in [2.75, 3.05) is 0 Å². The van der Waals surface area contributed by atoms with Gasteiger partial charge in [0.1, 0.15) is 17.4 Å². The summed E-state index contributed by atoms with van der Waals surface area (Å²) in [5.41, 5.74) is -0.172. The van der Waals surface area contributed by atoms with Gasteiger partial charge in [-0.15, -0.1) is 11.3 Å². The third-order valence-corrected chi connectivity index (χ3v) is 3.05. The van der Waals surface area contributed by atoms with Crippen LogP contribution in [0.3, 0.4) is 0 Å². The van der Waals surface area contributed by atoms with Crippen LogP contribution in [0.1, 0.15) is 10.6 Å². The molecule has 17 heavy (non-hydrogen) atoms. The number of halogens is 2. The molecular formula is C12H9F2NOS. The molecule has 0 aliphatic rings. The van der Waals surface area contributed by atoms with Crippen molar-refractivity contribution in [3.8, 4) is 0 Å². The molecule has 0 unspecified atom stereocenters. The molecule has 0 aliphatic carbocycles. The third kappa shape index (κ3) is 2.94. The summed E-state index contributed by atoms with van der Waals surface area (Å²) in [6.07, 6.45) is 1.47. The van der Waals surface area contributed by atoms with Crippen LogP contribution in [0.15, 0.2) is 29.8 Å². The number of thiazole rings is 1. The van der Waals surface area contributed by atoms with Crippen molar-refractivity contribution < 1.29 is 13.6 Å². The molecule has 1 heterocycles. The highest BCUT2D eigenvalue weighted by atomic mass is 32.1. The summed E-state index contributed by atoms with van der Waals surface area (Å²) < 4.78 is 26.6. The molecule has 0 spiro atoms. The lowest BCUT2D eigenvalue weighted by molar-refractivity contribution is -0.117. The predicted molar refractivity (Wildman–Crippen MR) is 60.9 cm³/mol. The smallest absolute Gasteiger partial charge is 0.144 e. The Morgan fingerprint density at radius 3 is 2.53 bits per heavy atom. The average Bonchev–Trinajstić information content (AvgIpc) is 2.76. The van der Waals surface area contributed by atoms with E-state index >= 15 is 0 Å². The zero-order valence-corrected chi connectivity index (χ0v) is 9.64. The summed E-state index contributed by atoms with van der Waals surface area (Å²) in [7, 11) is 0. The molecule has 0 saturated heterocycles. The van der Waals surface area contributed by atoms with Crippen molar-refractivity contribution in [1.29, 1.82) is 0 Å². The van der Waals surface area contributed by atoms with Crippen LogP contribution in [0.4, 0.5) is 8.78 Å². The summed E-state index contributed by atoms with van der Waals surface area (Å²) in [5, 5.41) is 2.42. The zero-order chi connectivity index (χ0) is 12.3. The molecule has 0 radical (unpaired) electrons. The number of carbonyl (C=O) groups excluding carboxylic acids is 1. The Kier molecular flexibility index (Phi) is 3.58. The average molecular weight is 253 g/mol. The maximum absolute atomic E-state index is 13.3. The standard InChI is InChI=1S/C12H9F2NOS/c13-10-2-1-3-11(14)9(10)6-8(16)7-12-15-4-5-17-12/h1-5H,6-7H2. The number of aromatic nitrogens is 1. The zero-order valence-electron chi connectivity index (χ0n) is 8.82. The second-order valence-electron chi connectivity index (χ2n) is 3.52. The van der Waals surface area contributed by atoms with Crippen molar-refractivity contribution in [3.05, 3.63) is 52.0 Å². The van der Waals surface area contributed by atoms with Crippen molar-refractivity contribution in [2.24, 2.45) is 0 Å². The first-order valence-electron chi connectivity index (χ1n) is 5.00. The molecule has 2 aromatic rings. The number of hydrogen-bond acceptors (Lipinski definition) is 3. The minimum absolute atomic E-state index is 0.117. The first-order valence-corrected chi connectivity index (χ1v) is 5.87. The summed E-state index contributed by atoms with van der Waals surface area (Å²) in [6.45, 7) is 0. The fraction of sp³-hybridized carbons (Fsp3) is 0.167. The summed E-state index contributed by atoms with van der Waals surface area (Å²) in [5.74, 6) is -1.61. The molecule has 2 nitrogen and oxygen atoms in total. The van der Waals surface area contributed by atoms with Gasteiger partial charge in [-0.1, -0.05) is 6.07 Å². The topological polar surface area (TPSA) is 30.0 Å². The molecular weight excluding hydrogens is 244 g/mol. The Labute approximate surface area is 101 Å². The maximum Gasteiger partial charge on any atom is 0.144 e. The number of Topliss-reactive ketones (excluding diaryl/α,β-unsaturated/α-hetero) is 1. The lowest BCUT2D eigenvalue weighted by atomic mass is 10.1. The van der Waals surface area contributed by atoms with E-state index in [1.165, 1.54) is 17.4 Å². The van der Waals surface area contributed by atoms with Gasteiger partial charge in [0.2, 0.25) is 0 Å². The van der Waals surface area contributed by atoms with E-state index in [0.29, 0.717) is 5.01 Å². The van der Waals surface area contributed by atoms with E-state index in [9.17, 15) is 13.6 Å². The van der Waals surface area contributed by atoms with Gasteiger partial charge < -0.3 is 0 Å². The van der Waals surface area contributed by atoms with E-state index in [4.69, 9.17) is 0 Å². The van der Waals surface area contributed by atoms with Crippen molar-refractivity contribution in [2.45, 2.75) is 12.8 Å². The molecule has 0 aliphatic heterocycles. The van der Waals surface area contributed by atoms with Gasteiger partial charge in [0, 0.05) is 23.6 Å². The largest absolute Gasteiger partial charge is 0.299 e. The fourth-order valence-corrected chi connectivity index (χ4v) is 2.11. The normalized spacial score (nSPS) is 10.5.